The molecule has 78 valence electrons. The van der Waals surface area contributed by atoms with Gasteiger partial charge in [-0.15, -0.1) is 0 Å². The van der Waals surface area contributed by atoms with Gasteiger partial charge in [0.2, 0.25) is 0 Å². The van der Waals surface area contributed by atoms with Crippen LogP contribution in [0.1, 0.15) is 13.3 Å². The third kappa shape index (κ3) is 3.22. The summed E-state index contributed by atoms with van der Waals surface area (Å²) in [6, 6.07) is 3.92. The average molecular weight is 195 g/mol. The molecule has 4 heteroatoms. The van der Waals surface area contributed by atoms with E-state index in [4.69, 9.17) is 10.5 Å². The first-order chi connectivity index (χ1) is 6.74. The summed E-state index contributed by atoms with van der Waals surface area (Å²) in [5, 5.41) is 3.18. The number of methoxy groups -OCH3 is 1. The zero-order valence-corrected chi connectivity index (χ0v) is 8.66. The minimum atomic E-state index is 0.206. The first kappa shape index (κ1) is 10.8. The second kappa shape index (κ2) is 5.44. The summed E-state index contributed by atoms with van der Waals surface area (Å²) in [7, 11) is 1.63. The molecular weight excluding hydrogens is 178 g/mol. The molecule has 1 rings (SSSR count). The van der Waals surface area contributed by atoms with E-state index in [1.807, 2.05) is 19.1 Å². The Hall–Kier alpha value is -1.29. The van der Waals surface area contributed by atoms with Gasteiger partial charge in [-0.25, -0.2) is 4.98 Å². The fraction of sp³-hybridized carbons (Fsp3) is 0.500. The van der Waals surface area contributed by atoms with Crippen molar-refractivity contribution >= 4 is 5.82 Å². The number of nitrogens with two attached hydrogens (primary N) is 1. The van der Waals surface area contributed by atoms with Crippen molar-refractivity contribution in [2.75, 3.05) is 19.0 Å². The van der Waals surface area contributed by atoms with E-state index in [1.165, 1.54) is 0 Å². The van der Waals surface area contributed by atoms with Crippen LogP contribution in [0.25, 0.3) is 0 Å². The lowest BCUT2D eigenvalue weighted by Gasteiger charge is -2.10. The molecule has 1 aromatic rings. The number of hydrogen-bond acceptors (Lipinski definition) is 4. The summed E-state index contributed by atoms with van der Waals surface area (Å²) in [4.78, 5) is 4.17. The molecular formula is C10H17N3O. The summed E-state index contributed by atoms with van der Waals surface area (Å²) < 4.78 is 5.15. The molecule has 1 aromatic heterocycles. The van der Waals surface area contributed by atoms with Crippen molar-refractivity contribution in [3.8, 4) is 5.75 Å². The molecule has 14 heavy (non-hydrogen) atoms. The fourth-order valence-corrected chi connectivity index (χ4v) is 1.11. The van der Waals surface area contributed by atoms with Gasteiger partial charge in [0.15, 0.2) is 11.6 Å². The lowest BCUT2D eigenvalue weighted by Crippen LogP contribution is -2.19. The summed E-state index contributed by atoms with van der Waals surface area (Å²) >= 11 is 0. The van der Waals surface area contributed by atoms with Crippen LogP contribution in [0.2, 0.25) is 0 Å². The molecule has 1 heterocycles. The monoisotopic (exact) mass is 195 g/mol. The normalized spacial score (nSPS) is 12.2. The third-order valence-corrected chi connectivity index (χ3v) is 1.88. The van der Waals surface area contributed by atoms with E-state index in [1.54, 1.807) is 13.3 Å². The quantitative estimate of drug-likeness (QED) is 0.742. The Balaban J connectivity index is 2.49. The van der Waals surface area contributed by atoms with E-state index in [0.717, 1.165) is 24.5 Å². The summed E-state index contributed by atoms with van der Waals surface area (Å²) in [6.07, 6.45) is 2.65. The second-order valence-corrected chi connectivity index (χ2v) is 3.25. The highest BCUT2D eigenvalue weighted by molar-refractivity contribution is 5.49. The van der Waals surface area contributed by atoms with Crippen molar-refractivity contribution in [3.63, 3.8) is 0 Å². The molecule has 0 aliphatic heterocycles. The first-order valence-electron chi connectivity index (χ1n) is 4.72. The van der Waals surface area contributed by atoms with Crippen LogP contribution in [-0.2, 0) is 0 Å². The Morgan fingerprint density at radius 1 is 1.64 bits per heavy atom. The van der Waals surface area contributed by atoms with Crippen LogP contribution >= 0.6 is 0 Å². The first-order valence-corrected chi connectivity index (χ1v) is 4.72. The van der Waals surface area contributed by atoms with Gasteiger partial charge in [0, 0.05) is 18.8 Å². The fourth-order valence-electron chi connectivity index (χ4n) is 1.11. The molecule has 4 nitrogen and oxygen atoms in total. The average Bonchev–Trinajstić information content (AvgIpc) is 2.18. The molecule has 0 aliphatic rings. The van der Waals surface area contributed by atoms with Crippen LogP contribution in [-0.4, -0.2) is 24.7 Å². The smallest absolute Gasteiger partial charge is 0.168 e. The van der Waals surface area contributed by atoms with Gasteiger partial charge < -0.3 is 15.8 Å². The van der Waals surface area contributed by atoms with E-state index >= 15 is 0 Å². The Kier molecular flexibility index (Phi) is 4.19. The maximum atomic E-state index is 5.64. The Labute approximate surface area is 84.5 Å². The number of anilines is 1. The Morgan fingerprint density at radius 2 is 2.43 bits per heavy atom. The number of rotatable bonds is 5. The van der Waals surface area contributed by atoms with E-state index in [2.05, 4.69) is 10.3 Å². The topological polar surface area (TPSA) is 60.2 Å². The summed E-state index contributed by atoms with van der Waals surface area (Å²) in [5.74, 6) is 1.54. The highest BCUT2D eigenvalue weighted by Gasteiger charge is 2.01. The third-order valence-electron chi connectivity index (χ3n) is 1.88. The Morgan fingerprint density at radius 3 is 3.07 bits per heavy atom. The van der Waals surface area contributed by atoms with Crippen LogP contribution in [0.15, 0.2) is 18.3 Å². The number of hydrogen-bond donors (Lipinski definition) is 2. The molecule has 0 spiro atoms. The zero-order chi connectivity index (χ0) is 10.4. The SMILES string of the molecule is COc1cccnc1NCCC(C)N. The number of aromatic nitrogens is 1. The predicted octanol–water partition coefficient (Wildman–Crippen LogP) is 1.24. The molecule has 0 amide bonds. The van der Waals surface area contributed by atoms with Gasteiger partial charge in [-0.1, -0.05) is 0 Å². The lowest BCUT2D eigenvalue weighted by molar-refractivity contribution is 0.414. The second-order valence-electron chi connectivity index (χ2n) is 3.25. The molecule has 1 atom stereocenters. The maximum absolute atomic E-state index is 5.64. The number of ether oxygens (including phenoxy) is 1. The van der Waals surface area contributed by atoms with Crippen molar-refractivity contribution in [1.29, 1.82) is 0 Å². The highest BCUT2D eigenvalue weighted by Crippen LogP contribution is 2.19. The molecule has 0 bridgehead atoms. The van der Waals surface area contributed by atoms with E-state index < -0.39 is 0 Å². The standard InChI is InChI=1S/C10H17N3O/c1-8(11)5-7-13-10-9(14-2)4-3-6-12-10/h3-4,6,8H,5,7,11H2,1-2H3,(H,12,13). The highest BCUT2D eigenvalue weighted by atomic mass is 16.5. The van der Waals surface area contributed by atoms with E-state index in [-0.39, 0.29) is 6.04 Å². The van der Waals surface area contributed by atoms with Gasteiger partial charge in [-0.05, 0) is 25.5 Å². The van der Waals surface area contributed by atoms with Crippen LogP contribution in [0.3, 0.4) is 0 Å². The number of pyridine rings is 1. The van der Waals surface area contributed by atoms with Crippen molar-refractivity contribution in [2.24, 2.45) is 5.73 Å². The van der Waals surface area contributed by atoms with Gasteiger partial charge >= 0.3 is 0 Å². The van der Waals surface area contributed by atoms with Crippen molar-refractivity contribution in [3.05, 3.63) is 18.3 Å². The molecule has 1 unspecified atom stereocenters. The largest absolute Gasteiger partial charge is 0.493 e. The van der Waals surface area contributed by atoms with Crippen LogP contribution < -0.4 is 15.8 Å². The zero-order valence-electron chi connectivity index (χ0n) is 8.66. The lowest BCUT2D eigenvalue weighted by atomic mass is 10.2. The van der Waals surface area contributed by atoms with Gasteiger partial charge in [-0.3, -0.25) is 0 Å². The molecule has 0 aliphatic carbocycles. The summed E-state index contributed by atoms with van der Waals surface area (Å²) in [6.45, 7) is 2.79. The van der Waals surface area contributed by atoms with Crippen LogP contribution in [0.4, 0.5) is 5.82 Å². The van der Waals surface area contributed by atoms with Gasteiger partial charge in [0.1, 0.15) is 0 Å². The summed E-state index contributed by atoms with van der Waals surface area (Å²) in [5.41, 5.74) is 5.64. The van der Waals surface area contributed by atoms with Gasteiger partial charge in [-0.2, -0.15) is 0 Å². The molecule has 0 radical (unpaired) electrons. The van der Waals surface area contributed by atoms with Crippen LogP contribution in [0, 0.1) is 0 Å². The van der Waals surface area contributed by atoms with Crippen LogP contribution in [0.5, 0.6) is 5.75 Å². The van der Waals surface area contributed by atoms with Crippen molar-refractivity contribution < 1.29 is 4.74 Å². The van der Waals surface area contributed by atoms with Gasteiger partial charge in [0.05, 0.1) is 7.11 Å². The van der Waals surface area contributed by atoms with E-state index in [9.17, 15) is 0 Å². The number of nitrogens with one attached hydrogen (secondary N) is 1. The maximum Gasteiger partial charge on any atom is 0.168 e. The molecule has 0 saturated heterocycles. The minimum Gasteiger partial charge on any atom is -0.493 e. The van der Waals surface area contributed by atoms with Gasteiger partial charge in [0.25, 0.3) is 0 Å². The number of nitrogens with zero attached hydrogens (tertiary/aromatic N) is 1. The molecule has 0 fully saturated rings. The Bertz CT molecular complexity index is 276. The molecule has 3 N–H and O–H groups in total. The van der Waals surface area contributed by atoms with Crippen molar-refractivity contribution in [1.82, 2.24) is 4.98 Å². The van der Waals surface area contributed by atoms with E-state index in [0.29, 0.717) is 0 Å². The molecule has 0 saturated carbocycles. The van der Waals surface area contributed by atoms with Crippen molar-refractivity contribution in [2.45, 2.75) is 19.4 Å². The minimum absolute atomic E-state index is 0.206. The molecule has 0 aromatic carbocycles. The predicted molar refractivity (Wildman–Crippen MR) is 57.5 cm³/mol.